The van der Waals surface area contributed by atoms with Gasteiger partial charge in [0.1, 0.15) is 0 Å². The topological polar surface area (TPSA) is 21.3 Å². The highest BCUT2D eigenvalue weighted by molar-refractivity contribution is 5.25. The average Bonchev–Trinajstić information content (AvgIpc) is 2.24. The zero-order valence-electron chi connectivity index (χ0n) is 9.55. The molecule has 1 aromatic rings. The lowest BCUT2D eigenvalue weighted by Gasteiger charge is -2.41. The van der Waals surface area contributed by atoms with E-state index in [0.29, 0.717) is 0 Å². The number of hydrogen-bond acceptors (Lipinski definition) is 2. The second-order valence-corrected chi connectivity index (χ2v) is 4.34. The maximum absolute atomic E-state index is 5.59. The molecule has 0 amide bonds. The van der Waals surface area contributed by atoms with Crippen LogP contribution >= 0.6 is 0 Å². The fourth-order valence-corrected chi connectivity index (χ4v) is 2.08. The minimum atomic E-state index is 0.0480. The fraction of sp³-hybridized carbons (Fsp3) is 0.538. The van der Waals surface area contributed by atoms with E-state index in [9.17, 15) is 0 Å². The summed E-state index contributed by atoms with van der Waals surface area (Å²) < 4.78 is 5.59. The van der Waals surface area contributed by atoms with Gasteiger partial charge in [-0.2, -0.15) is 0 Å². The van der Waals surface area contributed by atoms with Crippen LogP contribution < -0.4 is 5.32 Å². The second kappa shape index (κ2) is 4.33. The van der Waals surface area contributed by atoms with Crippen molar-refractivity contribution in [1.82, 2.24) is 5.32 Å². The average molecular weight is 205 g/mol. The van der Waals surface area contributed by atoms with Gasteiger partial charge in [0.2, 0.25) is 0 Å². The summed E-state index contributed by atoms with van der Waals surface area (Å²) in [5, 5.41) is 3.28. The summed E-state index contributed by atoms with van der Waals surface area (Å²) in [5.74, 6) is 0. The predicted octanol–water partition coefficient (Wildman–Crippen LogP) is 1.78. The van der Waals surface area contributed by atoms with Gasteiger partial charge in [-0.1, -0.05) is 31.2 Å². The minimum Gasteiger partial charge on any atom is -0.375 e. The number of benzene rings is 1. The number of methoxy groups -OCH3 is 1. The molecule has 1 aromatic carbocycles. The van der Waals surface area contributed by atoms with Crippen LogP contribution in [-0.4, -0.2) is 25.8 Å². The first-order valence-corrected chi connectivity index (χ1v) is 5.62. The molecule has 82 valence electrons. The zero-order valence-corrected chi connectivity index (χ0v) is 9.55. The van der Waals surface area contributed by atoms with E-state index in [4.69, 9.17) is 4.74 Å². The standard InChI is InChI=1S/C13H19NO/c1-3-11-5-4-6-12(7-11)8-13(15-2)9-14-10-13/h4-7,14H,3,8-10H2,1-2H3. The van der Waals surface area contributed by atoms with Crippen molar-refractivity contribution in [2.45, 2.75) is 25.4 Å². The molecule has 1 saturated heterocycles. The van der Waals surface area contributed by atoms with E-state index in [1.807, 2.05) is 7.11 Å². The summed E-state index contributed by atoms with van der Waals surface area (Å²) in [7, 11) is 1.81. The first-order chi connectivity index (χ1) is 7.28. The van der Waals surface area contributed by atoms with Gasteiger partial charge < -0.3 is 10.1 Å². The van der Waals surface area contributed by atoms with Crippen molar-refractivity contribution in [2.75, 3.05) is 20.2 Å². The van der Waals surface area contributed by atoms with Crippen LogP contribution in [0, 0.1) is 0 Å². The summed E-state index contributed by atoms with van der Waals surface area (Å²) in [6, 6.07) is 8.81. The normalized spacial score (nSPS) is 18.5. The van der Waals surface area contributed by atoms with Gasteiger partial charge in [-0.15, -0.1) is 0 Å². The van der Waals surface area contributed by atoms with Gasteiger partial charge in [-0.25, -0.2) is 0 Å². The number of aryl methyl sites for hydroxylation is 1. The van der Waals surface area contributed by atoms with E-state index in [1.165, 1.54) is 11.1 Å². The third-order valence-electron chi connectivity index (χ3n) is 3.25. The Kier molecular flexibility index (Phi) is 3.08. The van der Waals surface area contributed by atoms with Gasteiger partial charge in [0, 0.05) is 26.6 Å². The van der Waals surface area contributed by atoms with Crippen LogP contribution in [-0.2, 0) is 17.6 Å². The quantitative estimate of drug-likeness (QED) is 0.809. The van der Waals surface area contributed by atoms with Crippen molar-refractivity contribution in [1.29, 1.82) is 0 Å². The molecule has 0 aliphatic carbocycles. The molecular formula is C13H19NO. The number of rotatable bonds is 4. The van der Waals surface area contributed by atoms with Crippen LogP contribution in [0.5, 0.6) is 0 Å². The molecular weight excluding hydrogens is 186 g/mol. The summed E-state index contributed by atoms with van der Waals surface area (Å²) in [6.45, 7) is 4.13. The molecule has 0 radical (unpaired) electrons. The molecule has 0 saturated carbocycles. The van der Waals surface area contributed by atoms with Gasteiger partial charge >= 0.3 is 0 Å². The van der Waals surface area contributed by atoms with E-state index in [2.05, 4.69) is 36.5 Å². The van der Waals surface area contributed by atoms with Gasteiger partial charge in [0.15, 0.2) is 0 Å². The lowest BCUT2D eigenvalue weighted by atomic mass is 9.88. The molecule has 1 N–H and O–H groups in total. The van der Waals surface area contributed by atoms with Crippen LogP contribution in [0.2, 0.25) is 0 Å². The Morgan fingerprint density at radius 3 is 2.60 bits per heavy atom. The predicted molar refractivity (Wildman–Crippen MR) is 62.1 cm³/mol. The van der Waals surface area contributed by atoms with Crippen molar-refractivity contribution in [3.63, 3.8) is 0 Å². The number of hydrogen-bond donors (Lipinski definition) is 1. The molecule has 1 fully saturated rings. The third-order valence-corrected chi connectivity index (χ3v) is 3.25. The van der Waals surface area contributed by atoms with Crippen molar-refractivity contribution in [3.8, 4) is 0 Å². The molecule has 0 unspecified atom stereocenters. The molecule has 0 atom stereocenters. The molecule has 2 nitrogen and oxygen atoms in total. The van der Waals surface area contributed by atoms with E-state index >= 15 is 0 Å². The van der Waals surface area contributed by atoms with Crippen molar-refractivity contribution < 1.29 is 4.74 Å². The Bertz CT molecular complexity index is 326. The van der Waals surface area contributed by atoms with Gasteiger partial charge in [0.05, 0.1) is 5.60 Å². The lowest BCUT2D eigenvalue weighted by molar-refractivity contribution is -0.0502. The van der Waals surface area contributed by atoms with Crippen LogP contribution in [0.25, 0.3) is 0 Å². The molecule has 1 aliphatic heterocycles. The molecule has 1 aliphatic rings. The zero-order chi connectivity index (χ0) is 10.7. The third kappa shape index (κ3) is 2.21. The van der Waals surface area contributed by atoms with Gasteiger partial charge in [-0.3, -0.25) is 0 Å². The summed E-state index contributed by atoms with van der Waals surface area (Å²) in [4.78, 5) is 0. The highest BCUT2D eigenvalue weighted by Gasteiger charge is 2.36. The Morgan fingerprint density at radius 1 is 1.33 bits per heavy atom. The Balaban J connectivity index is 2.09. The van der Waals surface area contributed by atoms with E-state index in [1.54, 1.807) is 0 Å². The Hall–Kier alpha value is -0.860. The van der Waals surface area contributed by atoms with Crippen LogP contribution in [0.4, 0.5) is 0 Å². The first-order valence-electron chi connectivity index (χ1n) is 5.62. The van der Waals surface area contributed by atoms with E-state index in [0.717, 1.165) is 25.9 Å². The van der Waals surface area contributed by atoms with Gasteiger partial charge in [-0.05, 0) is 17.5 Å². The molecule has 2 heteroatoms. The Labute approximate surface area is 91.6 Å². The monoisotopic (exact) mass is 205 g/mol. The van der Waals surface area contributed by atoms with Crippen molar-refractivity contribution in [3.05, 3.63) is 35.4 Å². The highest BCUT2D eigenvalue weighted by atomic mass is 16.5. The van der Waals surface area contributed by atoms with Crippen LogP contribution in [0.3, 0.4) is 0 Å². The molecule has 0 bridgehead atoms. The van der Waals surface area contributed by atoms with Gasteiger partial charge in [0.25, 0.3) is 0 Å². The fourth-order valence-electron chi connectivity index (χ4n) is 2.08. The van der Waals surface area contributed by atoms with Crippen LogP contribution in [0.15, 0.2) is 24.3 Å². The Morgan fingerprint density at radius 2 is 2.07 bits per heavy atom. The second-order valence-electron chi connectivity index (χ2n) is 4.34. The highest BCUT2D eigenvalue weighted by Crippen LogP contribution is 2.22. The molecule has 1 heterocycles. The molecule has 0 spiro atoms. The van der Waals surface area contributed by atoms with Crippen molar-refractivity contribution >= 4 is 0 Å². The maximum atomic E-state index is 5.59. The summed E-state index contributed by atoms with van der Waals surface area (Å²) in [5.41, 5.74) is 2.84. The largest absolute Gasteiger partial charge is 0.375 e. The van der Waals surface area contributed by atoms with E-state index in [-0.39, 0.29) is 5.60 Å². The molecule has 2 rings (SSSR count). The summed E-state index contributed by atoms with van der Waals surface area (Å²) >= 11 is 0. The van der Waals surface area contributed by atoms with E-state index < -0.39 is 0 Å². The number of nitrogens with one attached hydrogen (secondary N) is 1. The number of ether oxygens (including phenoxy) is 1. The molecule has 15 heavy (non-hydrogen) atoms. The molecule has 0 aromatic heterocycles. The first kappa shape index (κ1) is 10.7. The summed E-state index contributed by atoms with van der Waals surface area (Å²) in [6.07, 6.45) is 2.12. The lowest BCUT2D eigenvalue weighted by Crippen LogP contribution is -2.61. The van der Waals surface area contributed by atoms with Crippen molar-refractivity contribution in [2.24, 2.45) is 0 Å². The minimum absolute atomic E-state index is 0.0480. The maximum Gasteiger partial charge on any atom is 0.0966 e. The SMILES string of the molecule is CCc1cccc(CC2(OC)CNC2)c1. The van der Waals surface area contributed by atoms with Crippen LogP contribution in [0.1, 0.15) is 18.1 Å². The smallest absolute Gasteiger partial charge is 0.0966 e.